The zero-order valence-electron chi connectivity index (χ0n) is 24.5. The highest BCUT2D eigenvalue weighted by molar-refractivity contribution is 7.97. The summed E-state index contributed by atoms with van der Waals surface area (Å²) in [5.41, 5.74) is 1.79. The summed E-state index contributed by atoms with van der Waals surface area (Å²) >= 11 is 1.80. The maximum Gasteiger partial charge on any atom is 0.410 e. The van der Waals surface area contributed by atoms with Gasteiger partial charge in [0.15, 0.2) is 0 Å². The molecular weight excluding hydrogens is 538 g/mol. The van der Waals surface area contributed by atoms with Crippen molar-refractivity contribution in [2.45, 2.75) is 62.8 Å². The number of carbonyl (C=O) groups excluding carboxylic acids is 2. The smallest absolute Gasteiger partial charge is 0.410 e. The van der Waals surface area contributed by atoms with E-state index in [0.717, 1.165) is 70.8 Å². The fourth-order valence-electron chi connectivity index (χ4n) is 5.44. The predicted molar refractivity (Wildman–Crippen MR) is 162 cm³/mol. The van der Waals surface area contributed by atoms with Crippen LogP contribution >= 0.6 is 11.9 Å². The number of nitrogens with zero attached hydrogens (tertiary/aromatic N) is 4. The molecule has 1 N–H and O–H groups in total. The van der Waals surface area contributed by atoms with Crippen LogP contribution in [0.2, 0.25) is 0 Å². The number of carbonyl (C=O) groups is 2. The first-order chi connectivity index (χ1) is 19.7. The van der Waals surface area contributed by atoms with E-state index in [4.69, 9.17) is 9.47 Å². The summed E-state index contributed by atoms with van der Waals surface area (Å²) < 4.78 is 13.3. The van der Waals surface area contributed by atoms with Crippen molar-refractivity contribution in [3.05, 3.63) is 60.2 Å². The number of nitrogens with one attached hydrogen (secondary N) is 1. The van der Waals surface area contributed by atoms with E-state index in [9.17, 15) is 9.59 Å². The van der Waals surface area contributed by atoms with Crippen LogP contribution in [0.1, 0.15) is 39.2 Å². The van der Waals surface area contributed by atoms with E-state index in [1.165, 1.54) is 10.6 Å². The van der Waals surface area contributed by atoms with Gasteiger partial charge < -0.3 is 24.6 Å². The number of hydrogen-bond donors (Lipinski definition) is 1. The first-order valence-electron chi connectivity index (χ1n) is 14.7. The second kappa shape index (κ2) is 13.4. The largest absolute Gasteiger partial charge is 0.445 e. The third-order valence-corrected chi connectivity index (χ3v) is 8.84. The van der Waals surface area contributed by atoms with Crippen LogP contribution in [0.3, 0.4) is 0 Å². The van der Waals surface area contributed by atoms with Crippen LogP contribution in [-0.4, -0.2) is 96.3 Å². The second-order valence-corrected chi connectivity index (χ2v) is 13.2. The second-order valence-electron chi connectivity index (χ2n) is 12.1. The summed E-state index contributed by atoms with van der Waals surface area (Å²) in [5.74, 6) is 0. The van der Waals surface area contributed by atoms with Crippen LogP contribution in [0.25, 0.3) is 0 Å². The number of hydrogen-bond acceptors (Lipinski definition) is 8. The molecule has 2 aromatic carbocycles. The Kier molecular flexibility index (Phi) is 9.62. The number of piperidine rings is 1. The van der Waals surface area contributed by atoms with Gasteiger partial charge in [-0.15, -0.1) is 0 Å². The summed E-state index contributed by atoms with van der Waals surface area (Å²) in [5, 5.41) is 3.02. The van der Waals surface area contributed by atoms with Crippen molar-refractivity contribution >= 4 is 29.8 Å². The van der Waals surface area contributed by atoms with Gasteiger partial charge in [-0.25, -0.2) is 13.9 Å². The molecule has 0 unspecified atom stereocenters. The van der Waals surface area contributed by atoms with Crippen LogP contribution < -0.4 is 10.2 Å². The van der Waals surface area contributed by atoms with Crippen molar-refractivity contribution in [2.75, 3.05) is 57.3 Å². The highest BCUT2D eigenvalue weighted by Crippen LogP contribution is 2.30. The molecule has 0 aromatic heterocycles. The number of piperazine rings is 1. The van der Waals surface area contributed by atoms with Gasteiger partial charge in [0, 0.05) is 75.0 Å². The van der Waals surface area contributed by atoms with Gasteiger partial charge in [0.25, 0.3) is 0 Å². The van der Waals surface area contributed by atoms with E-state index in [0.29, 0.717) is 12.6 Å². The molecule has 0 bridgehead atoms. The van der Waals surface area contributed by atoms with Crippen molar-refractivity contribution < 1.29 is 19.1 Å². The first-order valence-corrected chi connectivity index (χ1v) is 15.5. The maximum atomic E-state index is 12.4. The molecule has 2 aromatic rings. The predicted octanol–water partition coefficient (Wildman–Crippen LogP) is 4.83. The Hall–Kier alpha value is -2.95. The molecule has 3 aliphatic rings. The Bertz CT molecular complexity index is 1150. The summed E-state index contributed by atoms with van der Waals surface area (Å²) in [6, 6.07) is 19.2. The van der Waals surface area contributed by atoms with Gasteiger partial charge in [-0.1, -0.05) is 36.4 Å². The molecule has 222 valence electrons. The normalized spacial score (nSPS) is 19.5. The Morgan fingerprint density at radius 1 is 0.927 bits per heavy atom. The lowest BCUT2D eigenvalue weighted by atomic mass is 10.1. The lowest BCUT2D eigenvalue weighted by molar-refractivity contribution is 0.0168. The van der Waals surface area contributed by atoms with Crippen molar-refractivity contribution in [1.82, 2.24) is 19.4 Å². The average Bonchev–Trinajstić information content (AvgIpc) is 2.92. The Balaban J connectivity index is 1.01. The van der Waals surface area contributed by atoms with Gasteiger partial charge in [-0.2, -0.15) is 0 Å². The quantitative estimate of drug-likeness (QED) is 0.467. The van der Waals surface area contributed by atoms with Gasteiger partial charge >= 0.3 is 12.2 Å². The zero-order valence-corrected chi connectivity index (χ0v) is 25.3. The third kappa shape index (κ3) is 8.53. The van der Waals surface area contributed by atoms with Crippen molar-refractivity contribution in [3.63, 3.8) is 0 Å². The minimum Gasteiger partial charge on any atom is -0.445 e. The molecule has 3 aliphatic heterocycles. The zero-order chi connectivity index (χ0) is 28.8. The molecule has 0 atom stereocenters. The fraction of sp³-hybridized carbons (Fsp3) is 0.548. The van der Waals surface area contributed by atoms with E-state index in [2.05, 4.69) is 43.7 Å². The number of anilines is 1. The van der Waals surface area contributed by atoms with Gasteiger partial charge in [-0.05, 0) is 69.3 Å². The molecule has 0 aliphatic carbocycles. The molecule has 3 saturated heterocycles. The fourth-order valence-corrected chi connectivity index (χ4v) is 6.45. The monoisotopic (exact) mass is 581 g/mol. The lowest BCUT2D eigenvalue weighted by Crippen LogP contribution is -2.64. The molecule has 5 rings (SSSR count). The highest BCUT2D eigenvalue weighted by Gasteiger charge is 2.37. The van der Waals surface area contributed by atoms with Crippen molar-refractivity contribution in [2.24, 2.45) is 0 Å². The molecule has 0 spiro atoms. The number of likely N-dealkylation sites (tertiary alicyclic amines) is 1. The SMILES string of the molecule is CC(C)(C)OC(=O)NC1CCN(Sc2cccc(N3CCN(C4CN(C(=O)OCc5ccccc5)C4)CC3)c2)CC1. The number of benzene rings is 2. The van der Waals surface area contributed by atoms with Crippen molar-refractivity contribution in [3.8, 4) is 0 Å². The number of amides is 2. The van der Waals surface area contributed by atoms with Gasteiger partial charge in [0.1, 0.15) is 12.2 Å². The van der Waals surface area contributed by atoms with Crippen LogP contribution in [0.4, 0.5) is 15.3 Å². The lowest BCUT2D eigenvalue weighted by Gasteiger charge is -2.47. The molecular formula is C31H43N5O4S. The van der Waals surface area contributed by atoms with Crippen molar-refractivity contribution in [1.29, 1.82) is 0 Å². The first kappa shape index (κ1) is 29.5. The molecule has 9 nitrogen and oxygen atoms in total. The van der Waals surface area contributed by atoms with Crippen LogP contribution in [0.5, 0.6) is 0 Å². The number of ether oxygens (including phenoxy) is 2. The average molecular weight is 582 g/mol. The molecule has 3 fully saturated rings. The van der Waals surface area contributed by atoms with Crippen LogP contribution in [0.15, 0.2) is 59.5 Å². The molecule has 41 heavy (non-hydrogen) atoms. The number of rotatable bonds is 7. The summed E-state index contributed by atoms with van der Waals surface area (Å²) in [4.78, 5) is 32.5. The molecule has 2 amide bonds. The minimum absolute atomic E-state index is 0.159. The Labute approximate surface area is 248 Å². The minimum atomic E-state index is -0.477. The maximum absolute atomic E-state index is 12.4. The molecule has 3 heterocycles. The molecule has 0 radical (unpaired) electrons. The van der Waals surface area contributed by atoms with E-state index in [1.807, 2.05) is 51.1 Å². The van der Waals surface area contributed by atoms with Gasteiger partial charge in [-0.3, -0.25) is 4.90 Å². The standard InChI is InChI=1S/C31H43N5O4S/c1-31(2,3)40-29(37)32-25-12-14-36(15-13-25)41-28-11-7-10-26(20-28)33-16-18-34(19-17-33)27-21-35(22-27)30(38)39-23-24-8-5-4-6-9-24/h4-11,20,25,27H,12-19,21-23H2,1-3H3,(H,32,37). The molecule has 10 heteroatoms. The summed E-state index contributed by atoms with van der Waals surface area (Å²) in [7, 11) is 0. The van der Waals surface area contributed by atoms with Crippen LogP contribution in [0, 0.1) is 0 Å². The third-order valence-electron chi connectivity index (χ3n) is 7.75. The van der Waals surface area contributed by atoms with E-state index >= 15 is 0 Å². The Morgan fingerprint density at radius 2 is 1.63 bits per heavy atom. The van der Waals surface area contributed by atoms with E-state index in [1.54, 1.807) is 16.8 Å². The highest BCUT2D eigenvalue weighted by atomic mass is 32.2. The van der Waals surface area contributed by atoms with Crippen LogP contribution in [-0.2, 0) is 16.1 Å². The summed E-state index contributed by atoms with van der Waals surface area (Å²) in [6.07, 6.45) is 1.28. The van der Waals surface area contributed by atoms with E-state index in [-0.39, 0.29) is 18.2 Å². The van der Waals surface area contributed by atoms with Gasteiger partial charge in [0.05, 0.1) is 0 Å². The topological polar surface area (TPSA) is 77.6 Å². The van der Waals surface area contributed by atoms with E-state index < -0.39 is 5.60 Å². The summed E-state index contributed by atoms with van der Waals surface area (Å²) in [6.45, 7) is 13.2. The number of alkyl carbamates (subject to hydrolysis) is 1. The molecule has 0 saturated carbocycles. The van der Waals surface area contributed by atoms with Gasteiger partial charge in [0.2, 0.25) is 0 Å². The Morgan fingerprint density at radius 3 is 2.32 bits per heavy atom.